The molecule has 0 amide bonds. The van der Waals surface area contributed by atoms with Crippen LogP contribution in [0.15, 0.2) is 4.99 Å². The summed E-state index contributed by atoms with van der Waals surface area (Å²) in [4.78, 5) is 23.3. The molecule has 138 valence electrons. The van der Waals surface area contributed by atoms with E-state index in [1.807, 2.05) is 0 Å². The van der Waals surface area contributed by atoms with Gasteiger partial charge >= 0.3 is 5.97 Å². The molecule has 0 aromatic rings. The van der Waals surface area contributed by atoms with E-state index in [-0.39, 0.29) is 17.8 Å². The Bertz CT molecular complexity index is 448. The lowest BCUT2D eigenvalue weighted by molar-refractivity contribution is -0.145. The van der Waals surface area contributed by atoms with Gasteiger partial charge in [0.15, 0.2) is 5.96 Å². The molecular formula is C17H33N5O2. The van der Waals surface area contributed by atoms with Crippen molar-refractivity contribution in [1.29, 1.82) is 0 Å². The molecule has 0 bridgehead atoms. The van der Waals surface area contributed by atoms with E-state index in [1.54, 1.807) is 7.05 Å². The second kappa shape index (κ2) is 8.67. The molecule has 0 spiro atoms. The van der Waals surface area contributed by atoms with E-state index in [4.69, 9.17) is 4.74 Å². The first-order chi connectivity index (χ1) is 11.5. The molecule has 3 unspecified atom stereocenters. The predicted octanol–water partition coefficient (Wildman–Crippen LogP) is -0.0614. The molecule has 3 atom stereocenters. The quantitative estimate of drug-likeness (QED) is 0.440. The second-order valence-electron chi connectivity index (χ2n) is 7.13. The van der Waals surface area contributed by atoms with Crippen molar-refractivity contribution in [2.75, 3.05) is 67.0 Å². The number of carbonyl (C=O) groups excluding carboxylic acids is 1. The maximum Gasteiger partial charge on any atom is 0.310 e. The number of nitrogens with one attached hydrogen (secondary N) is 1. The summed E-state index contributed by atoms with van der Waals surface area (Å²) in [5.41, 5.74) is 0. The molecule has 0 aromatic heterocycles. The summed E-state index contributed by atoms with van der Waals surface area (Å²) in [5, 5.41) is 3.49. The third-order valence-electron chi connectivity index (χ3n) is 5.34. The number of esters is 1. The van der Waals surface area contributed by atoms with Crippen LogP contribution in [0.4, 0.5) is 0 Å². The number of ether oxygens (including phenoxy) is 1. The van der Waals surface area contributed by atoms with Crippen molar-refractivity contribution >= 4 is 11.9 Å². The molecule has 0 aliphatic carbocycles. The minimum Gasteiger partial charge on any atom is -0.469 e. The minimum absolute atomic E-state index is 0.0661. The Hall–Kier alpha value is -1.34. The van der Waals surface area contributed by atoms with Gasteiger partial charge in [-0.2, -0.15) is 0 Å². The molecule has 2 fully saturated rings. The highest BCUT2D eigenvalue weighted by atomic mass is 16.5. The van der Waals surface area contributed by atoms with Crippen molar-refractivity contribution in [3.63, 3.8) is 0 Å². The van der Waals surface area contributed by atoms with Crippen LogP contribution in [0.1, 0.15) is 13.8 Å². The van der Waals surface area contributed by atoms with E-state index in [9.17, 15) is 4.79 Å². The van der Waals surface area contributed by atoms with Crippen LogP contribution < -0.4 is 5.32 Å². The fourth-order valence-corrected chi connectivity index (χ4v) is 3.56. The number of guanidine groups is 1. The molecule has 24 heavy (non-hydrogen) atoms. The molecule has 0 radical (unpaired) electrons. The van der Waals surface area contributed by atoms with Gasteiger partial charge in [-0.25, -0.2) is 0 Å². The van der Waals surface area contributed by atoms with Crippen molar-refractivity contribution in [1.82, 2.24) is 20.0 Å². The van der Waals surface area contributed by atoms with Crippen molar-refractivity contribution in [2.24, 2.45) is 16.8 Å². The van der Waals surface area contributed by atoms with Gasteiger partial charge in [-0.3, -0.25) is 14.7 Å². The lowest BCUT2D eigenvalue weighted by Crippen LogP contribution is -2.52. The van der Waals surface area contributed by atoms with Crippen molar-refractivity contribution < 1.29 is 9.53 Å². The van der Waals surface area contributed by atoms with Crippen LogP contribution in [0.2, 0.25) is 0 Å². The summed E-state index contributed by atoms with van der Waals surface area (Å²) in [5.74, 6) is 0.982. The largest absolute Gasteiger partial charge is 0.469 e. The van der Waals surface area contributed by atoms with E-state index < -0.39 is 0 Å². The molecule has 0 aromatic carbocycles. The molecule has 2 heterocycles. The number of rotatable bonds is 4. The molecule has 2 saturated heterocycles. The summed E-state index contributed by atoms with van der Waals surface area (Å²) in [6.45, 7) is 11.2. The fourth-order valence-electron chi connectivity index (χ4n) is 3.56. The van der Waals surface area contributed by atoms with Gasteiger partial charge in [0, 0.05) is 58.9 Å². The van der Waals surface area contributed by atoms with Crippen molar-refractivity contribution in [3.8, 4) is 0 Å². The number of likely N-dealkylation sites (N-methyl/N-ethyl adjacent to an activating group) is 1. The fraction of sp³-hybridized carbons (Fsp3) is 0.882. The highest BCUT2D eigenvalue weighted by Gasteiger charge is 2.37. The van der Waals surface area contributed by atoms with Gasteiger partial charge in [0.2, 0.25) is 0 Å². The highest BCUT2D eigenvalue weighted by Crippen LogP contribution is 2.24. The smallest absolute Gasteiger partial charge is 0.310 e. The Kier molecular flexibility index (Phi) is 6.86. The zero-order valence-electron chi connectivity index (χ0n) is 15.8. The molecule has 2 aliphatic rings. The SMILES string of the molecule is CN=C(NCC(C)N1CCN(C)CC1)N1CC(C)C(C(=O)OC)C1. The summed E-state index contributed by atoms with van der Waals surface area (Å²) >= 11 is 0. The minimum atomic E-state index is -0.119. The zero-order valence-corrected chi connectivity index (χ0v) is 15.8. The van der Waals surface area contributed by atoms with E-state index in [0.717, 1.165) is 45.2 Å². The predicted molar refractivity (Wildman–Crippen MR) is 96.1 cm³/mol. The average Bonchev–Trinajstić information content (AvgIpc) is 2.96. The van der Waals surface area contributed by atoms with Crippen LogP contribution in [-0.2, 0) is 9.53 Å². The molecular weight excluding hydrogens is 306 g/mol. The Morgan fingerprint density at radius 2 is 1.96 bits per heavy atom. The first kappa shape index (κ1) is 19.0. The third-order valence-corrected chi connectivity index (χ3v) is 5.34. The average molecular weight is 339 g/mol. The number of carbonyl (C=O) groups is 1. The van der Waals surface area contributed by atoms with Gasteiger partial charge in [-0.05, 0) is 19.9 Å². The van der Waals surface area contributed by atoms with Gasteiger partial charge in [0.25, 0.3) is 0 Å². The van der Waals surface area contributed by atoms with Gasteiger partial charge in [0.1, 0.15) is 0 Å². The number of piperazine rings is 1. The van der Waals surface area contributed by atoms with Gasteiger partial charge < -0.3 is 19.9 Å². The molecule has 2 aliphatic heterocycles. The van der Waals surface area contributed by atoms with Crippen LogP contribution >= 0.6 is 0 Å². The normalized spacial score (nSPS) is 28.0. The molecule has 1 N–H and O–H groups in total. The van der Waals surface area contributed by atoms with E-state index in [1.165, 1.54) is 7.11 Å². The number of aliphatic imine (C=N–C) groups is 1. The number of hydrogen-bond donors (Lipinski definition) is 1. The maximum atomic E-state index is 11.9. The van der Waals surface area contributed by atoms with Gasteiger partial charge in [-0.1, -0.05) is 6.92 Å². The topological polar surface area (TPSA) is 60.4 Å². The lowest BCUT2D eigenvalue weighted by Gasteiger charge is -2.37. The number of hydrogen-bond acceptors (Lipinski definition) is 5. The number of nitrogens with zero attached hydrogens (tertiary/aromatic N) is 4. The Morgan fingerprint density at radius 3 is 2.54 bits per heavy atom. The van der Waals surface area contributed by atoms with Crippen molar-refractivity contribution in [3.05, 3.63) is 0 Å². The van der Waals surface area contributed by atoms with Gasteiger partial charge in [0.05, 0.1) is 13.0 Å². The van der Waals surface area contributed by atoms with Gasteiger partial charge in [-0.15, -0.1) is 0 Å². The molecule has 7 heteroatoms. The summed E-state index contributed by atoms with van der Waals surface area (Å²) in [6, 6.07) is 0.465. The molecule has 2 rings (SSSR count). The van der Waals surface area contributed by atoms with Crippen LogP contribution in [0.25, 0.3) is 0 Å². The number of likely N-dealkylation sites (tertiary alicyclic amines) is 1. The first-order valence-electron chi connectivity index (χ1n) is 8.92. The van der Waals surface area contributed by atoms with Crippen LogP contribution in [0.5, 0.6) is 0 Å². The Balaban J connectivity index is 1.83. The van der Waals surface area contributed by atoms with Crippen molar-refractivity contribution in [2.45, 2.75) is 19.9 Å². The summed E-state index contributed by atoms with van der Waals surface area (Å²) in [6.07, 6.45) is 0. The number of methoxy groups -OCH3 is 1. The van der Waals surface area contributed by atoms with Crippen LogP contribution in [0, 0.1) is 11.8 Å². The van der Waals surface area contributed by atoms with Crippen LogP contribution in [0.3, 0.4) is 0 Å². The third kappa shape index (κ3) is 4.60. The molecule has 7 nitrogen and oxygen atoms in total. The van der Waals surface area contributed by atoms with E-state index >= 15 is 0 Å². The van der Waals surface area contributed by atoms with E-state index in [2.05, 4.69) is 45.9 Å². The van der Waals surface area contributed by atoms with Crippen LogP contribution in [-0.4, -0.2) is 99.7 Å². The second-order valence-corrected chi connectivity index (χ2v) is 7.13. The summed E-state index contributed by atoms with van der Waals surface area (Å²) < 4.78 is 4.92. The Morgan fingerprint density at radius 1 is 1.29 bits per heavy atom. The summed E-state index contributed by atoms with van der Waals surface area (Å²) in [7, 11) is 5.44. The van der Waals surface area contributed by atoms with E-state index in [0.29, 0.717) is 12.6 Å². The lowest BCUT2D eigenvalue weighted by atomic mass is 9.99. The monoisotopic (exact) mass is 339 g/mol. The zero-order chi connectivity index (χ0) is 17.7. The Labute approximate surface area is 146 Å². The highest BCUT2D eigenvalue weighted by molar-refractivity contribution is 5.82. The first-order valence-corrected chi connectivity index (χ1v) is 8.92. The molecule has 0 saturated carbocycles. The maximum absolute atomic E-state index is 11.9. The standard InChI is InChI=1S/C17H33N5O2/c1-13-11-22(12-15(13)16(23)24-5)17(18-3)19-10-14(2)21-8-6-20(4)7-9-21/h13-15H,6-12H2,1-5H3,(H,18,19).